The SMILES string of the molecule is C=C/C(=C\C=C/C)[C@H]1CCC(/C=C(\C)O)=C(C)[C@H]1c1ccccc1. The first-order chi connectivity index (χ1) is 11.6. The van der Waals surface area contributed by atoms with Crippen molar-refractivity contribution in [2.24, 2.45) is 5.92 Å². The maximum absolute atomic E-state index is 9.71. The molecule has 0 fully saturated rings. The second-order valence-corrected chi connectivity index (χ2v) is 6.42. The van der Waals surface area contributed by atoms with E-state index in [1.165, 1.54) is 22.3 Å². The molecular formula is C23H28O. The van der Waals surface area contributed by atoms with Crippen molar-refractivity contribution in [3.8, 4) is 0 Å². The van der Waals surface area contributed by atoms with E-state index < -0.39 is 0 Å². The van der Waals surface area contributed by atoms with Crippen molar-refractivity contribution >= 4 is 0 Å². The lowest BCUT2D eigenvalue weighted by Gasteiger charge is -2.35. The summed E-state index contributed by atoms with van der Waals surface area (Å²) in [5, 5.41) is 9.71. The van der Waals surface area contributed by atoms with Gasteiger partial charge >= 0.3 is 0 Å². The molecule has 2 rings (SSSR count). The lowest BCUT2D eigenvalue weighted by molar-refractivity contribution is 0.411. The smallest absolute Gasteiger partial charge is 0.0894 e. The van der Waals surface area contributed by atoms with Gasteiger partial charge in [0.2, 0.25) is 0 Å². The van der Waals surface area contributed by atoms with Crippen molar-refractivity contribution in [3.63, 3.8) is 0 Å². The van der Waals surface area contributed by atoms with Crippen molar-refractivity contribution in [1.82, 2.24) is 0 Å². The second-order valence-electron chi connectivity index (χ2n) is 6.42. The van der Waals surface area contributed by atoms with Crippen LogP contribution in [-0.4, -0.2) is 5.11 Å². The predicted molar refractivity (Wildman–Crippen MR) is 104 cm³/mol. The largest absolute Gasteiger partial charge is 0.513 e. The molecule has 1 N–H and O–H groups in total. The monoisotopic (exact) mass is 320 g/mol. The number of hydrogen-bond donors (Lipinski definition) is 1. The molecule has 0 unspecified atom stereocenters. The number of aliphatic hydroxyl groups is 1. The van der Waals surface area contributed by atoms with E-state index in [0.29, 0.717) is 17.6 Å². The molecule has 0 heterocycles. The van der Waals surface area contributed by atoms with Crippen LogP contribution < -0.4 is 0 Å². The fourth-order valence-corrected chi connectivity index (χ4v) is 3.67. The lowest BCUT2D eigenvalue weighted by atomic mass is 9.69. The fourth-order valence-electron chi connectivity index (χ4n) is 3.67. The summed E-state index contributed by atoms with van der Waals surface area (Å²) in [6.07, 6.45) is 12.3. The number of hydrogen-bond acceptors (Lipinski definition) is 1. The summed E-state index contributed by atoms with van der Waals surface area (Å²) in [5.41, 5.74) is 5.22. The van der Waals surface area contributed by atoms with Crippen LogP contribution in [0.1, 0.15) is 45.1 Å². The topological polar surface area (TPSA) is 20.2 Å². The van der Waals surface area contributed by atoms with Crippen molar-refractivity contribution in [2.75, 3.05) is 0 Å². The molecule has 0 saturated heterocycles. The van der Waals surface area contributed by atoms with Gasteiger partial charge in [-0.1, -0.05) is 66.8 Å². The van der Waals surface area contributed by atoms with Gasteiger partial charge in [0.15, 0.2) is 0 Å². The Bertz CT molecular complexity index is 682. The molecule has 1 aromatic rings. The van der Waals surface area contributed by atoms with Gasteiger partial charge in [0.25, 0.3) is 0 Å². The quantitative estimate of drug-likeness (QED) is 0.476. The first-order valence-corrected chi connectivity index (χ1v) is 8.65. The highest BCUT2D eigenvalue weighted by Gasteiger charge is 2.31. The minimum absolute atomic E-state index is 0.319. The molecule has 1 nitrogen and oxygen atoms in total. The Morgan fingerprint density at radius 3 is 2.54 bits per heavy atom. The van der Waals surface area contributed by atoms with Crippen LogP contribution in [0.3, 0.4) is 0 Å². The number of benzene rings is 1. The normalized spacial score (nSPS) is 23.0. The van der Waals surface area contributed by atoms with Crippen molar-refractivity contribution in [2.45, 2.75) is 39.5 Å². The van der Waals surface area contributed by atoms with E-state index in [0.717, 1.165) is 12.8 Å². The van der Waals surface area contributed by atoms with Gasteiger partial charge in [-0.3, -0.25) is 0 Å². The lowest BCUT2D eigenvalue weighted by Crippen LogP contribution is -2.21. The van der Waals surface area contributed by atoms with Crippen molar-refractivity contribution < 1.29 is 5.11 Å². The average Bonchev–Trinajstić information content (AvgIpc) is 2.58. The van der Waals surface area contributed by atoms with Gasteiger partial charge in [0.1, 0.15) is 0 Å². The molecule has 0 radical (unpaired) electrons. The van der Waals surface area contributed by atoms with E-state index in [2.05, 4.69) is 62.1 Å². The Hall–Kier alpha value is -2.28. The predicted octanol–water partition coefficient (Wildman–Crippen LogP) is 6.65. The van der Waals surface area contributed by atoms with E-state index in [4.69, 9.17) is 0 Å². The number of rotatable bonds is 5. The van der Waals surface area contributed by atoms with Crippen LogP contribution in [0.2, 0.25) is 0 Å². The Balaban J connectivity index is 2.54. The molecule has 0 amide bonds. The average molecular weight is 320 g/mol. The molecule has 2 atom stereocenters. The standard InChI is InChI=1S/C23H28O/c1-5-7-11-19(6-2)22-15-14-21(16-17(3)24)18(4)23(22)20-12-9-8-10-13-20/h5-13,16,22-24H,2,14-15H2,1,3-4H3/b7-5-,17-16+,19-11+/t22-,23+/m1/s1. The van der Waals surface area contributed by atoms with Crippen LogP contribution in [0.15, 0.2) is 89.8 Å². The van der Waals surface area contributed by atoms with Crippen molar-refractivity contribution in [1.29, 1.82) is 0 Å². The molecule has 0 spiro atoms. The van der Waals surface area contributed by atoms with E-state index in [1.54, 1.807) is 6.92 Å². The van der Waals surface area contributed by atoms with Gasteiger partial charge in [-0.15, -0.1) is 0 Å². The van der Waals surface area contributed by atoms with Crippen LogP contribution in [0.25, 0.3) is 0 Å². The van der Waals surface area contributed by atoms with Crippen LogP contribution >= 0.6 is 0 Å². The Kier molecular flexibility index (Phi) is 6.43. The molecule has 0 aromatic heterocycles. The van der Waals surface area contributed by atoms with Crippen LogP contribution in [-0.2, 0) is 0 Å². The van der Waals surface area contributed by atoms with Crippen LogP contribution in [0, 0.1) is 5.92 Å². The summed E-state index contributed by atoms with van der Waals surface area (Å²) in [4.78, 5) is 0. The van der Waals surface area contributed by atoms with Gasteiger partial charge in [0.05, 0.1) is 5.76 Å². The third-order valence-electron chi connectivity index (χ3n) is 4.79. The molecule has 0 bridgehead atoms. The summed E-state index contributed by atoms with van der Waals surface area (Å²) >= 11 is 0. The van der Waals surface area contributed by atoms with E-state index >= 15 is 0 Å². The Morgan fingerprint density at radius 1 is 1.25 bits per heavy atom. The molecule has 1 heteroatoms. The molecule has 0 saturated carbocycles. The highest BCUT2D eigenvalue weighted by Crippen LogP contribution is 2.45. The summed E-state index contributed by atoms with van der Waals surface area (Å²) < 4.78 is 0. The summed E-state index contributed by atoms with van der Waals surface area (Å²) in [5.74, 6) is 1.11. The van der Waals surface area contributed by atoms with Gasteiger partial charge in [-0.2, -0.15) is 0 Å². The molecular weight excluding hydrogens is 292 g/mol. The van der Waals surface area contributed by atoms with Gasteiger partial charge in [-0.05, 0) is 62.3 Å². The van der Waals surface area contributed by atoms with Crippen LogP contribution in [0.5, 0.6) is 0 Å². The molecule has 126 valence electrons. The van der Waals surface area contributed by atoms with E-state index in [9.17, 15) is 5.11 Å². The zero-order valence-electron chi connectivity index (χ0n) is 15.0. The van der Waals surface area contributed by atoms with Gasteiger partial charge < -0.3 is 5.11 Å². The summed E-state index contributed by atoms with van der Waals surface area (Å²) in [7, 11) is 0. The third kappa shape index (κ3) is 4.17. The minimum Gasteiger partial charge on any atom is -0.513 e. The van der Waals surface area contributed by atoms with Gasteiger partial charge in [-0.25, -0.2) is 0 Å². The second kappa shape index (κ2) is 8.54. The van der Waals surface area contributed by atoms with Crippen molar-refractivity contribution in [3.05, 3.63) is 95.3 Å². The molecule has 0 aliphatic heterocycles. The Labute approximate surface area is 146 Å². The summed E-state index contributed by atoms with van der Waals surface area (Å²) in [6, 6.07) is 10.7. The first-order valence-electron chi connectivity index (χ1n) is 8.65. The van der Waals surface area contributed by atoms with E-state index in [-0.39, 0.29) is 0 Å². The zero-order valence-corrected chi connectivity index (χ0v) is 15.0. The zero-order chi connectivity index (χ0) is 17.5. The maximum Gasteiger partial charge on any atom is 0.0894 e. The highest BCUT2D eigenvalue weighted by molar-refractivity contribution is 5.43. The first kappa shape index (κ1) is 18.1. The molecule has 1 aliphatic carbocycles. The van der Waals surface area contributed by atoms with Gasteiger partial charge in [0, 0.05) is 5.92 Å². The number of aliphatic hydroxyl groups excluding tert-OH is 1. The third-order valence-corrected chi connectivity index (χ3v) is 4.79. The minimum atomic E-state index is 0.319. The summed E-state index contributed by atoms with van der Waals surface area (Å²) in [6.45, 7) is 10.0. The van der Waals surface area contributed by atoms with E-state index in [1.807, 2.05) is 19.1 Å². The van der Waals surface area contributed by atoms with Crippen LogP contribution in [0.4, 0.5) is 0 Å². The molecule has 1 aliphatic rings. The fraction of sp³-hybridized carbons (Fsp3) is 0.304. The highest BCUT2D eigenvalue weighted by atomic mass is 16.3. The Morgan fingerprint density at radius 2 is 1.96 bits per heavy atom. The maximum atomic E-state index is 9.71. The number of allylic oxidation sites excluding steroid dienone is 9. The molecule has 24 heavy (non-hydrogen) atoms. The molecule has 1 aromatic carbocycles.